The van der Waals surface area contributed by atoms with Crippen molar-refractivity contribution in [2.75, 3.05) is 0 Å². The molecule has 0 radical (unpaired) electrons. The van der Waals surface area contributed by atoms with Gasteiger partial charge in [0.1, 0.15) is 23.0 Å². The molecule has 0 atom stereocenters. The molecular formula is C32H28BClO4. The quantitative estimate of drug-likeness (QED) is 0.217. The van der Waals surface area contributed by atoms with Gasteiger partial charge in [0.15, 0.2) is 0 Å². The first kappa shape index (κ1) is 24.8. The molecule has 0 spiro atoms. The maximum atomic E-state index is 6.62. The van der Waals surface area contributed by atoms with Crippen LogP contribution in [0.2, 0.25) is 5.02 Å². The van der Waals surface area contributed by atoms with Gasteiger partial charge in [-0.05, 0) is 85.6 Å². The fourth-order valence-corrected chi connectivity index (χ4v) is 4.85. The van der Waals surface area contributed by atoms with Gasteiger partial charge in [0.25, 0.3) is 0 Å². The number of rotatable bonds is 5. The van der Waals surface area contributed by atoms with Crippen LogP contribution in [0.4, 0.5) is 0 Å². The Kier molecular flexibility index (Phi) is 6.11. The smallest absolute Gasteiger partial charge is 0.458 e. The van der Waals surface area contributed by atoms with Gasteiger partial charge in [-0.1, -0.05) is 72.3 Å². The highest BCUT2D eigenvalue weighted by molar-refractivity contribution is 6.64. The Morgan fingerprint density at radius 1 is 0.579 bits per heavy atom. The third-order valence-electron chi connectivity index (χ3n) is 7.46. The second kappa shape index (κ2) is 9.35. The van der Waals surface area contributed by atoms with E-state index in [4.69, 9.17) is 30.4 Å². The summed E-state index contributed by atoms with van der Waals surface area (Å²) in [6.45, 7) is 8.10. The second-order valence-corrected chi connectivity index (χ2v) is 11.1. The van der Waals surface area contributed by atoms with Gasteiger partial charge in [0, 0.05) is 5.02 Å². The van der Waals surface area contributed by atoms with E-state index >= 15 is 0 Å². The van der Waals surface area contributed by atoms with Crippen LogP contribution >= 0.6 is 11.6 Å². The van der Waals surface area contributed by atoms with Crippen LogP contribution in [-0.2, 0) is 9.31 Å². The zero-order valence-electron chi connectivity index (χ0n) is 21.8. The van der Waals surface area contributed by atoms with Gasteiger partial charge >= 0.3 is 7.12 Å². The van der Waals surface area contributed by atoms with Gasteiger partial charge in [-0.2, -0.15) is 0 Å². The molecule has 190 valence electrons. The van der Waals surface area contributed by atoms with Crippen LogP contribution in [0, 0.1) is 0 Å². The van der Waals surface area contributed by atoms with Crippen molar-refractivity contribution < 1.29 is 18.8 Å². The topological polar surface area (TPSA) is 36.9 Å². The van der Waals surface area contributed by atoms with Crippen molar-refractivity contribution in [3.05, 3.63) is 102 Å². The van der Waals surface area contributed by atoms with Crippen molar-refractivity contribution in [1.29, 1.82) is 0 Å². The van der Waals surface area contributed by atoms with E-state index in [1.54, 1.807) is 12.1 Å². The Hall–Kier alpha value is -3.51. The number of halogens is 1. The lowest BCUT2D eigenvalue weighted by atomic mass is 9.77. The van der Waals surface area contributed by atoms with Crippen LogP contribution < -0.4 is 14.9 Å². The summed E-state index contributed by atoms with van der Waals surface area (Å²) in [6, 6.07) is 31.9. The lowest BCUT2D eigenvalue weighted by Gasteiger charge is -2.32. The molecule has 1 saturated heterocycles. The van der Waals surface area contributed by atoms with E-state index in [1.807, 2.05) is 88.4 Å². The Balaban J connectivity index is 1.45. The molecule has 0 unspecified atom stereocenters. The average molecular weight is 523 g/mol. The van der Waals surface area contributed by atoms with Crippen molar-refractivity contribution in [2.24, 2.45) is 0 Å². The van der Waals surface area contributed by atoms with Crippen LogP contribution in [0.5, 0.6) is 23.0 Å². The van der Waals surface area contributed by atoms with Gasteiger partial charge in [-0.25, -0.2) is 0 Å². The molecule has 0 amide bonds. The van der Waals surface area contributed by atoms with Crippen LogP contribution in [0.1, 0.15) is 27.7 Å². The summed E-state index contributed by atoms with van der Waals surface area (Å²) < 4.78 is 25.9. The molecule has 0 N–H and O–H groups in total. The van der Waals surface area contributed by atoms with E-state index in [9.17, 15) is 0 Å². The first-order chi connectivity index (χ1) is 18.2. The zero-order chi connectivity index (χ0) is 26.5. The molecule has 1 fully saturated rings. The molecule has 6 rings (SSSR count). The monoisotopic (exact) mass is 522 g/mol. The third-order valence-corrected chi connectivity index (χ3v) is 7.67. The molecule has 0 aliphatic carbocycles. The zero-order valence-corrected chi connectivity index (χ0v) is 22.6. The third kappa shape index (κ3) is 4.62. The molecule has 1 aliphatic rings. The van der Waals surface area contributed by atoms with Gasteiger partial charge in [0.05, 0.1) is 16.7 Å². The molecule has 1 heterocycles. The molecular weight excluding hydrogens is 495 g/mol. The summed E-state index contributed by atoms with van der Waals surface area (Å²) in [6.07, 6.45) is 0. The summed E-state index contributed by atoms with van der Waals surface area (Å²) in [5.41, 5.74) is -0.440. The van der Waals surface area contributed by atoms with Crippen molar-refractivity contribution in [3.8, 4) is 23.0 Å². The van der Waals surface area contributed by atoms with Crippen molar-refractivity contribution in [3.63, 3.8) is 0 Å². The largest absolute Gasteiger partial charge is 0.502 e. The molecule has 5 aromatic rings. The average Bonchev–Trinajstić information content (AvgIpc) is 3.09. The van der Waals surface area contributed by atoms with Gasteiger partial charge in [-0.3, -0.25) is 0 Å². The minimum atomic E-state index is -0.719. The van der Waals surface area contributed by atoms with E-state index in [-0.39, 0.29) is 0 Å². The minimum Gasteiger partial charge on any atom is -0.458 e. The molecule has 0 bridgehead atoms. The highest BCUT2D eigenvalue weighted by Gasteiger charge is 2.53. The summed E-state index contributed by atoms with van der Waals surface area (Å²) in [4.78, 5) is 0. The first-order valence-corrected chi connectivity index (χ1v) is 13.1. The van der Waals surface area contributed by atoms with E-state index in [0.29, 0.717) is 33.5 Å². The standard InChI is InChI=1S/C32H28BClO4/c1-31(2)32(3,4)38-33(37-31)30-28(35-26-15-13-21-9-5-7-11-23(21)17-26)19-25(34)20-29(30)36-27-16-14-22-10-6-8-12-24(22)18-27/h5-20H,1-4H3. The molecule has 38 heavy (non-hydrogen) atoms. The van der Waals surface area contributed by atoms with Crippen LogP contribution in [-0.4, -0.2) is 18.3 Å². The van der Waals surface area contributed by atoms with Gasteiger partial charge in [0.2, 0.25) is 0 Å². The van der Waals surface area contributed by atoms with E-state index in [2.05, 4.69) is 24.3 Å². The van der Waals surface area contributed by atoms with E-state index < -0.39 is 18.3 Å². The molecule has 5 aromatic carbocycles. The Bertz CT molecular complexity index is 1540. The van der Waals surface area contributed by atoms with E-state index in [0.717, 1.165) is 21.5 Å². The maximum Gasteiger partial charge on any atom is 0.502 e. The molecule has 6 heteroatoms. The summed E-state index contributed by atoms with van der Waals surface area (Å²) in [7, 11) is -0.719. The van der Waals surface area contributed by atoms with Crippen molar-refractivity contribution in [2.45, 2.75) is 38.9 Å². The van der Waals surface area contributed by atoms with E-state index in [1.165, 1.54) is 0 Å². The lowest BCUT2D eigenvalue weighted by molar-refractivity contribution is 0.00578. The highest BCUT2D eigenvalue weighted by Crippen LogP contribution is 2.40. The van der Waals surface area contributed by atoms with Crippen molar-refractivity contribution >= 4 is 45.7 Å². The first-order valence-electron chi connectivity index (χ1n) is 12.7. The predicted molar refractivity (Wildman–Crippen MR) is 155 cm³/mol. The predicted octanol–water partition coefficient (Wildman–Crippen LogP) is 8.53. The van der Waals surface area contributed by atoms with Crippen LogP contribution in [0.25, 0.3) is 21.5 Å². The van der Waals surface area contributed by atoms with Crippen LogP contribution in [0.15, 0.2) is 97.1 Å². The fourth-order valence-electron chi connectivity index (χ4n) is 4.65. The Labute approximate surface area is 228 Å². The summed E-state index contributed by atoms with van der Waals surface area (Å²) >= 11 is 6.62. The normalized spacial score (nSPS) is 16.2. The maximum absolute atomic E-state index is 6.62. The lowest BCUT2D eigenvalue weighted by Crippen LogP contribution is -2.41. The number of benzene rings is 5. The second-order valence-electron chi connectivity index (χ2n) is 10.6. The summed E-state index contributed by atoms with van der Waals surface area (Å²) in [5.74, 6) is 2.39. The summed E-state index contributed by atoms with van der Waals surface area (Å²) in [5, 5.41) is 4.92. The molecule has 1 aliphatic heterocycles. The number of hydrogen-bond acceptors (Lipinski definition) is 4. The van der Waals surface area contributed by atoms with Gasteiger partial charge < -0.3 is 18.8 Å². The van der Waals surface area contributed by atoms with Gasteiger partial charge in [-0.15, -0.1) is 0 Å². The fraction of sp³-hybridized carbons (Fsp3) is 0.188. The molecule has 0 aromatic heterocycles. The van der Waals surface area contributed by atoms with Crippen molar-refractivity contribution in [1.82, 2.24) is 0 Å². The molecule has 4 nitrogen and oxygen atoms in total. The Morgan fingerprint density at radius 3 is 1.45 bits per heavy atom. The Morgan fingerprint density at radius 2 is 1.00 bits per heavy atom. The molecule has 0 saturated carbocycles. The SMILES string of the molecule is CC1(C)OB(c2c(Oc3ccc4ccccc4c3)cc(Cl)cc2Oc2ccc3ccccc3c2)OC1(C)C. The highest BCUT2D eigenvalue weighted by atomic mass is 35.5. The minimum absolute atomic E-state index is 0.483. The number of ether oxygens (including phenoxy) is 2. The number of fused-ring (bicyclic) bond motifs is 2. The van der Waals surface area contributed by atoms with Crippen LogP contribution in [0.3, 0.4) is 0 Å². The number of hydrogen-bond donors (Lipinski definition) is 0.